The lowest BCUT2D eigenvalue weighted by Gasteiger charge is -2.20. The van der Waals surface area contributed by atoms with Gasteiger partial charge in [0.2, 0.25) is 11.8 Å². The van der Waals surface area contributed by atoms with Crippen molar-refractivity contribution < 1.29 is 24.1 Å². The Balaban J connectivity index is 1.41. The van der Waals surface area contributed by atoms with E-state index < -0.39 is 6.10 Å². The molecule has 0 fully saturated rings. The highest BCUT2D eigenvalue weighted by Gasteiger charge is 2.22. The fraction of sp³-hybridized carbons (Fsp3) is 0.440. The third kappa shape index (κ3) is 7.27. The van der Waals surface area contributed by atoms with E-state index >= 15 is 0 Å². The third-order valence-corrected chi connectivity index (χ3v) is 5.18. The van der Waals surface area contributed by atoms with Crippen LogP contribution in [-0.2, 0) is 9.47 Å². The van der Waals surface area contributed by atoms with Gasteiger partial charge < -0.3 is 24.1 Å². The van der Waals surface area contributed by atoms with Crippen LogP contribution in [0.3, 0.4) is 0 Å². The Morgan fingerprint density at radius 1 is 0.938 bits per heavy atom. The Morgan fingerprint density at radius 2 is 1.75 bits per heavy atom. The summed E-state index contributed by atoms with van der Waals surface area (Å²) in [6.07, 6.45) is 3.05. The first-order valence-electron chi connectivity index (χ1n) is 11.0. The van der Waals surface area contributed by atoms with E-state index in [0.717, 1.165) is 30.6 Å². The first kappa shape index (κ1) is 23.6. The minimum atomic E-state index is -0.530. The van der Waals surface area contributed by atoms with Gasteiger partial charge in [0.05, 0.1) is 26.9 Å². The summed E-state index contributed by atoms with van der Waals surface area (Å²) < 4.78 is 22.1. The molecule has 2 aromatic carbocycles. The van der Waals surface area contributed by atoms with E-state index in [4.69, 9.17) is 18.9 Å². The van der Waals surface area contributed by atoms with E-state index in [1.807, 2.05) is 54.6 Å². The number of methoxy groups -OCH3 is 2. The van der Waals surface area contributed by atoms with Crippen LogP contribution >= 0.6 is 0 Å². The largest absolute Gasteiger partial charge is 0.494 e. The first-order chi connectivity index (χ1) is 15.7. The summed E-state index contributed by atoms with van der Waals surface area (Å²) >= 11 is 0. The number of aliphatic hydroxyl groups is 1. The quantitative estimate of drug-likeness (QED) is 0.530. The van der Waals surface area contributed by atoms with Gasteiger partial charge in [0.15, 0.2) is 6.04 Å². The minimum absolute atomic E-state index is 0.278. The number of hydrogen-bond donors (Lipinski definition) is 1. The van der Waals surface area contributed by atoms with Crippen LogP contribution in [0.2, 0.25) is 0 Å². The Bertz CT molecular complexity index is 885. The maximum absolute atomic E-state index is 10.6. The number of nitrogens with zero attached hydrogens (tertiary/aromatic N) is 2. The number of ether oxygens (including phenoxy) is 4. The molecule has 3 rings (SSSR count). The number of hydrogen-bond acceptors (Lipinski definition) is 7. The van der Waals surface area contributed by atoms with E-state index in [2.05, 4.69) is 9.98 Å². The molecule has 0 amide bonds. The molecular weight excluding hydrogens is 408 g/mol. The Morgan fingerprint density at radius 3 is 2.53 bits per heavy atom. The SMILES string of the molecule is COC1=NC(COc2cccc(C(O)CCCCCOc3ccccc3)c2)C(OC)=NC1. The second-order valence-corrected chi connectivity index (χ2v) is 7.51. The highest BCUT2D eigenvalue weighted by atomic mass is 16.5. The zero-order chi connectivity index (χ0) is 22.6. The summed E-state index contributed by atoms with van der Waals surface area (Å²) in [5.41, 5.74) is 0.841. The number of aliphatic imine (C=N–C) groups is 2. The normalized spacial score (nSPS) is 16.5. The van der Waals surface area contributed by atoms with Gasteiger partial charge in [0.25, 0.3) is 0 Å². The van der Waals surface area contributed by atoms with E-state index in [1.165, 1.54) is 0 Å². The number of para-hydroxylation sites is 1. The van der Waals surface area contributed by atoms with Crippen LogP contribution in [0.4, 0.5) is 0 Å². The van der Waals surface area contributed by atoms with Crippen molar-refractivity contribution in [3.63, 3.8) is 0 Å². The van der Waals surface area contributed by atoms with Gasteiger partial charge >= 0.3 is 0 Å². The van der Waals surface area contributed by atoms with Crippen molar-refractivity contribution in [1.29, 1.82) is 0 Å². The maximum Gasteiger partial charge on any atom is 0.212 e. The highest BCUT2D eigenvalue weighted by Crippen LogP contribution is 2.24. The van der Waals surface area contributed by atoms with E-state index in [0.29, 0.717) is 37.1 Å². The van der Waals surface area contributed by atoms with Crippen LogP contribution in [-0.4, -0.2) is 56.9 Å². The molecule has 32 heavy (non-hydrogen) atoms. The predicted molar refractivity (Wildman–Crippen MR) is 125 cm³/mol. The summed E-state index contributed by atoms with van der Waals surface area (Å²) in [6.45, 7) is 1.33. The molecule has 2 unspecified atom stereocenters. The highest BCUT2D eigenvalue weighted by molar-refractivity contribution is 5.91. The molecule has 7 heteroatoms. The minimum Gasteiger partial charge on any atom is -0.494 e. The fourth-order valence-corrected chi connectivity index (χ4v) is 3.42. The second kappa shape index (κ2) is 12.7. The van der Waals surface area contributed by atoms with Crippen molar-refractivity contribution in [3.8, 4) is 11.5 Å². The van der Waals surface area contributed by atoms with Crippen LogP contribution in [0.1, 0.15) is 37.4 Å². The van der Waals surface area contributed by atoms with Crippen molar-refractivity contribution in [3.05, 3.63) is 60.2 Å². The van der Waals surface area contributed by atoms with E-state index in [9.17, 15) is 5.11 Å². The molecule has 0 saturated carbocycles. The van der Waals surface area contributed by atoms with Gasteiger partial charge in [-0.05, 0) is 49.1 Å². The Labute approximate surface area is 189 Å². The van der Waals surface area contributed by atoms with Crippen molar-refractivity contribution in [1.82, 2.24) is 0 Å². The average molecular weight is 441 g/mol. The van der Waals surface area contributed by atoms with Gasteiger partial charge in [-0.25, -0.2) is 9.98 Å². The van der Waals surface area contributed by atoms with Crippen LogP contribution in [0.5, 0.6) is 11.5 Å². The van der Waals surface area contributed by atoms with Crippen molar-refractivity contribution in [2.45, 2.75) is 37.8 Å². The predicted octanol–water partition coefficient (Wildman–Crippen LogP) is 4.21. The summed E-state index contributed by atoms with van der Waals surface area (Å²) in [5.74, 6) is 2.65. The van der Waals surface area contributed by atoms with Crippen LogP contribution in [0.25, 0.3) is 0 Å². The molecule has 2 aromatic rings. The smallest absolute Gasteiger partial charge is 0.212 e. The Kier molecular flexibility index (Phi) is 9.37. The first-order valence-corrected chi connectivity index (χ1v) is 11.0. The third-order valence-electron chi connectivity index (χ3n) is 5.18. The maximum atomic E-state index is 10.6. The molecule has 0 aliphatic carbocycles. The molecule has 0 radical (unpaired) electrons. The summed E-state index contributed by atoms with van der Waals surface area (Å²) in [7, 11) is 3.15. The van der Waals surface area contributed by atoms with E-state index in [1.54, 1.807) is 14.2 Å². The van der Waals surface area contributed by atoms with Gasteiger partial charge in [-0.1, -0.05) is 36.8 Å². The summed E-state index contributed by atoms with van der Waals surface area (Å²) in [4.78, 5) is 8.79. The van der Waals surface area contributed by atoms with Crippen LogP contribution in [0, 0.1) is 0 Å². The molecule has 1 heterocycles. The molecule has 7 nitrogen and oxygen atoms in total. The Hall–Kier alpha value is -3.06. The van der Waals surface area contributed by atoms with Crippen molar-refractivity contribution >= 4 is 11.8 Å². The van der Waals surface area contributed by atoms with Crippen molar-refractivity contribution in [2.24, 2.45) is 9.98 Å². The van der Waals surface area contributed by atoms with Crippen LogP contribution in [0.15, 0.2) is 64.6 Å². The zero-order valence-corrected chi connectivity index (χ0v) is 18.8. The summed E-state index contributed by atoms with van der Waals surface area (Å²) in [6, 6.07) is 17.0. The molecule has 2 atom stereocenters. The second-order valence-electron chi connectivity index (χ2n) is 7.51. The van der Waals surface area contributed by atoms with Crippen LogP contribution < -0.4 is 9.47 Å². The number of rotatable bonds is 11. The topological polar surface area (TPSA) is 81.9 Å². The van der Waals surface area contributed by atoms with Gasteiger partial charge in [-0.2, -0.15) is 0 Å². The average Bonchev–Trinajstić information content (AvgIpc) is 2.85. The zero-order valence-electron chi connectivity index (χ0n) is 18.8. The van der Waals surface area contributed by atoms with Gasteiger partial charge in [-0.3, -0.25) is 0 Å². The summed E-state index contributed by atoms with van der Waals surface area (Å²) in [5, 5.41) is 10.6. The number of unbranched alkanes of at least 4 members (excludes halogenated alkanes) is 2. The number of aliphatic hydroxyl groups excluding tert-OH is 1. The molecular formula is C25H32N2O5. The van der Waals surface area contributed by atoms with Gasteiger partial charge in [-0.15, -0.1) is 0 Å². The standard InChI is InChI=1S/C25H32N2O5/c1-29-24-17-26-25(30-2)22(27-24)18-32-21-13-9-10-19(16-21)23(28)14-7-4-8-15-31-20-11-5-3-6-12-20/h3,5-6,9-13,16,22-23,28H,4,7-8,14-15,17-18H2,1-2H3. The molecule has 0 saturated heterocycles. The number of benzene rings is 2. The molecule has 1 N–H and O–H groups in total. The molecule has 172 valence electrons. The monoisotopic (exact) mass is 440 g/mol. The fourth-order valence-electron chi connectivity index (χ4n) is 3.42. The molecule has 1 aliphatic rings. The molecule has 0 bridgehead atoms. The molecule has 0 aromatic heterocycles. The molecule has 0 spiro atoms. The lowest BCUT2D eigenvalue weighted by atomic mass is 10.0. The van der Waals surface area contributed by atoms with E-state index in [-0.39, 0.29) is 12.6 Å². The van der Waals surface area contributed by atoms with Gasteiger partial charge in [0, 0.05) is 0 Å². The lowest BCUT2D eigenvalue weighted by molar-refractivity contribution is 0.161. The van der Waals surface area contributed by atoms with Crippen molar-refractivity contribution in [2.75, 3.05) is 34.0 Å². The van der Waals surface area contributed by atoms with Gasteiger partial charge in [0.1, 0.15) is 24.7 Å². The molecule has 1 aliphatic heterocycles. The lowest BCUT2D eigenvalue weighted by Crippen LogP contribution is -2.33.